The van der Waals surface area contributed by atoms with Gasteiger partial charge < -0.3 is 30.6 Å². The van der Waals surface area contributed by atoms with Crippen LogP contribution >= 0.6 is 27.3 Å². The Bertz CT molecular complexity index is 861. The van der Waals surface area contributed by atoms with E-state index in [9.17, 15) is 30.6 Å². The van der Waals surface area contributed by atoms with Gasteiger partial charge in [0.2, 0.25) is 11.5 Å². The highest BCUT2D eigenvalue weighted by Crippen LogP contribution is 2.56. The van der Waals surface area contributed by atoms with E-state index in [0.717, 1.165) is 11.3 Å². The Morgan fingerprint density at radius 2 is 1.14 bits per heavy atom. The SMILES string of the molecule is [B]c1c(O)c(O)c2c(sc3c(O)c(O)c(O)c(O)c32)c1Br. The molecule has 0 bridgehead atoms. The highest BCUT2D eigenvalue weighted by molar-refractivity contribution is 9.10. The number of phenols is 6. The van der Waals surface area contributed by atoms with Crippen LogP contribution in [0.2, 0.25) is 0 Å². The number of hydrogen-bond acceptors (Lipinski definition) is 7. The van der Waals surface area contributed by atoms with Crippen LogP contribution in [0.25, 0.3) is 20.2 Å². The number of halogens is 1. The van der Waals surface area contributed by atoms with Crippen molar-refractivity contribution in [2.24, 2.45) is 0 Å². The number of phenolic OH excluding ortho intramolecular Hbond substituents is 6. The zero-order valence-corrected chi connectivity index (χ0v) is 12.4. The highest BCUT2D eigenvalue weighted by Gasteiger charge is 2.26. The number of rotatable bonds is 0. The van der Waals surface area contributed by atoms with Crippen LogP contribution in [0.3, 0.4) is 0 Å². The molecule has 21 heavy (non-hydrogen) atoms. The maximum atomic E-state index is 10.0. The van der Waals surface area contributed by atoms with Gasteiger partial charge in [0.05, 0.1) is 20.2 Å². The summed E-state index contributed by atoms with van der Waals surface area (Å²) in [5, 5.41) is 58.8. The standard InChI is InChI=1S/C12H6BBrO6S/c13-3-4(14)11-1(5(15)7(3)17)2-6(16)8(18)9(19)10(20)12(2)21-11/h15-20H. The van der Waals surface area contributed by atoms with Crippen molar-refractivity contribution >= 4 is 60.7 Å². The number of benzene rings is 2. The molecule has 0 aliphatic heterocycles. The molecule has 1 heterocycles. The predicted molar refractivity (Wildman–Crippen MR) is 82.4 cm³/mol. The Hall–Kier alpha value is -2.00. The monoisotopic (exact) mass is 368 g/mol. The lowest BCUT2D eigenvalue weighted by atomic mass is 9.93. The molecule has 6 nitrogen and oxygen atoms in total. The summed E-state index contributed by atoms with van der Waals surface area (Å²) in [6.07, 6.45) is 0. The Morgan fingerprint density at radius 3 is 1.76 bits per heavy atom. The van der Waals surface area contributed by atoms with Gasteiger partial charge in [0, 0.05) is 4.47 Å². The van der Waals surface area contributed by atoms with Gasteiger partial charge in [-0.2, -0.15) is 0 Å². The lowest BCUT2D eigenvalue weighted by Crippen LogP contribution is -2.05. The molecule has 3 rings (SSSR count). The van der Waals surface area contributed by atoms with Crippen molar-refractivity contribution in [1.82, 2.24) is 0 Å². The van der Waals surface area contributed by atoms with Crippen molar-refractivity contribution in [3.63, 3.8) is 0 Å². The second-order valence-corrected chi connectivity index (χ2v) is 6.14. The molecule has 1 aromatic heterocycles. The molecule has 0 saturated heterocycles. The first-order valence-corrected chi connectivity index (χ1v) is 7.09. The molecule has 2 aromatic carbocycles. The smallest absolute Gasteiger partial charge is 0.205 e. The Kier molecular flexibility index (Phi) is 2.83. The summed E-state index contributed by atoms with van der Waals surface area (Å²) in [7, 11) is 5.63. The quantitative estimate of drug-likeness (QED) is 0.204. The van der Waals surface area contributed by atoms with Gasteiger partial charge in [-0.15, -0.1) is 11.3 Å². The first-order valence-electron chi connectivity index (χ1n) is 5.48. The van der Waals surface area contributed by atoms with E-state index in [-0.39, 0.29) is 25.4 Å². The number of thiophene rings is 1. The van der Waals surface area contributed by atoms with Gasteiger partial charge in [0.25, 0.3) is 0 Å². The molecule has 6 N–H and O–H groups in total. The minimum Gasteiger partial charge on any atom is -0.505 e. The van der Waals surface area contributed by atoms with Gasteiger partial charge >= 0.3 is 0 Å². The average molecular weight is 369 g/mol. The third kappa shape index (κ3) is 1.58. The first kappa shape index (κ1) is 14.0. The van der Waals surface area contributed by atoms with Crippen LogP contribution in [0.4, 0.5) is 0 Å². The molecule has 0 aliphatic rings. The largest absolute Gasteiger partial charge is 0.505 e. The summed E-state index contributed by atoms with van der Waals surface area (Å²) < 4.78 is 0.610. The molecule has 0 saturated carbocycles. The summed E-state index contributed by atoms with van der Waals surface area (Å²) in [6.45, 7) is 0. The lowest BCUT2D eigenvalue weighted by molar-refractivity contribution is 0.351. The van der Waals surface area contributed by atoms with E-state index in [0.29, 0.717) is 4.70 Å². The normalized spacial score (nSPS) is 11.5. The average Bonchev–Trinajstić information content (AvgIpc) is 2.87. The van der Waals surface area contributed by atoms with Crippen LogP contribution in [-0.4, -0.2) is 38.5 Å². The van der Waals surface area contributed by atoms with Gasteiger partial charge in [0.1, 0.15) is 7.85 Å². The van der Waals surface area contributed by atoms with E-state index in [2.05, 4.69) is 15.9 Å². The lowest BCUT2D eigenvalue weighted by Gasteiger charge is -2.08. The van der Waals surface area contributed by atoms with Gasteiger partial charge in [-0.1, -0.05) is 0 Å². The summed E-state index contributed by atoms with van der Waals surface area (Å²) in [5.41, 5.74) is -0.112. The molecule has 9 heteroatoms. The molecule has 0 atom stereocenters. The maximum Gasteiger partial charge on any atom is 0.205 e. The van der Waals surface area contributed by atoms with Gasteiger partial charge in [0.15, 0.2) is 23.0 Å². The molecule has 0 aliphatic carbocycles. The number of aromatic hydroxyl groups is 6. The maximum absolute atomic E-state index is 10.0. The fourth-order valence-corrected chi connectivity index (χ4v) is 3.95. The Labute approximate surface area is 130 Å². The molecule has 106 valence electrons. The fraction of sp³-hybridized carbons (Fsp3) is 0. The van der Waals surface area contributed by atoms with Crippen molar-refractivity contribution in [2.45, 2.75) is 0 Å². The van der Waals surface area contributed by atoms with Crippen LogP contribution in [0, 0.1) is 0 Å². The molecule has 0 unspecified atom stereocenters. The first-order chi connectivity index (χ1) is 9.77. The van der Waals surface area contributed by atoms with E-state index in [4.69, 9.17) is 7.85 Å². The molecular formula is C12H6BBrO6S. The molecule has 0 amide bonds. The third-order valence-corrected chi connectivity index (χ3v) is 5.49. The zero-order valence-electron chi connectivity index (χ0n) is 10.0. The summed E-state index contributed by atoms with van der Waals surface area (Å²) in [5.74, 6) is -4.37. The summed E-state index contributed by atoms with van der Waals surface area (Å²) >= 11 is 4.07. The van der Waals surface area contributed by atoms with E-state index in [1.165, 1.54) is 0 Å². The zero-order chi connectivity index (χ0) is 15.6. The topological polar surface area (TPSA) is 121 Å². The molecule has 0 fully saturated rings. The molecule has 2 radical (unpaired) electrons. The van der Waals surface area contributed by atoms with E-state index in [1.807, 2.05) is 0 Å². The second kappa shape index (κ2) is 4.25. The van der Waals surface area contributed by atoms with Crippen molar-refractivity contribution in [2.75, 3.05) is 0 Å². The van der Waals surface area contributed by atoms with Crippen molar-refractivity contribution < 1.29 is 30.6 Å². The summed E-state index contributed by atoms with van der Waals surface area (Å²) in [4.78, 5) is 0. The van der Waals surface area contributed by atoms with E-state index < -0.39 is 34.5 Å². The van der Waals surface area contributed by atoms with Gasteiger partial charge in [-0.25, -0.2) is 0 Å². The Balaban J connectivity index is 2.73. The molecule has 0 spiro atoms. The van der Waals surface area contributed by atoms with Crippen LogP contribution in [-0.2, 0) is 0 Å². The van der Waals surface area contributed by atoms with Crippen LogP contribution in [0.1, 0.15) is 0 Å². The van der Waals surface area contributed by atoms with E-state index >= 15 is 0 Å². The van der Waals surface area contributed by atoms with Crippen molar-refractivity contribution in [3.8, 4) is 34.5 Å². The Morgan fingerprint density at radius 1 is 0.667 bits per heavy atom. The number of hydrogen-bond donors (Lipinski definition) is 6. The third-order valence-electron chi connectivity index (χ3n) is 3.19. The fourth-order valence-electron chi connectivity index (χ4n) is 2.13. The molecule has 3 aromatic rings. The van der Waals surface area contributed by atoms with E-state index in [1.54, 1.807) is 0 Å². The van der Waals surface area contributed by atoms with Crippen LogP contribution < -0.4 is 5.46 Å². The highest BCUT2D eigenvalue weighted by atomic mass is 79.9. The molecular weight excluding hydrogens is 363 g/mol. The van der Waals surface area contributed by atoms with Crippen molar-refractivity contribution in [1.29, 1.82) is 0 Å². The predicted octanol–water partition coefficient (Wildman–Crippen LogP) is 1.84. The van der Waals surface area contributed by atoms with Crippen molar-refractivity contribution in [3.05, 3.63) is 4.47 Å². The van der Waals surface area contributed by atoms with Crippen LogP contribution in [0.15, 0.2) is 4.47 Å². The number of fused-ring (bicyclic) bond motifs is 3. The minimum atomic E-state index is -0.925. The second-order valence-electron chi connectivity index (χ2n) is 4.33. The van der Waals surface area contributed by atoms with Gasteiger partial charge in [-0.05, 0) is 21.4 Å². The summed E-state index contributed by atoms with van der Waals surface area (Å²) in [6, 6.07) is 0. The van der Waals surface area contributed by atoms with Gasteiger partial charge in [-0.3, -0.25) is 0 Å². The van der Waals surface area contributed by atoms with Crippen LogP contribution in [0.5, 0.6) is 34.5 Å². The minimum absolute atomic E-state index is 0.00308.